The summed E-state index contributed by atoms with van der Waals surface area (Å²) in [7, 11) is 0. The Labute approximate surface area is 206 Å². The molecule has 2 N–H and O–H groups in total. The lowest BCUT2D eigenvalue weighted by Crippen LogP contribution is -2.53. The van der Waals surface area contributed by atoms with Gasteiger partial charge in [-0.3, -0.25) is 9.59 Å². The van der Waals surface area contributed by atoms with Gasteiger partial charge in [0.1, 0.15) is 17.3 Å². The minimum Gasteiger partial charge on any atom is -0.384 e. The first-order chi connectivity index (χ1) is 16.8. The molecule has 1 spiro atoms. The lowest BCUT2D eigenvalue weighted by Gasteiger charge is -2.47. The van der Waals surface area contributed by atoms with Crippen LogP contribution in [0.15, 0.2) is 77.3 Å². The molecule has 1 aliphatic carbocycles. The summed E-state index contributed by atoms with van der Waals surface area (Å²) in [4.78, 5) is 32.1. The van der Waals surface area contributed by atoms with Crippen LogP contribution in [-0.4, -0.2) is 23.1 Å². The molecule has 35 heavy (non-hydrogen) atoms. The van der Waals surface area contributed by atoms with Gasteiger partial charge in [-0.1, -0.05) is 69.3 Å². The third kappa shape index (κ3) is 3.22. The summed E-state index contributed by atoms with van der Waals surface area (Å²) in [5.41, 5.74) is 8.65. The van der Waals surface area contributed by atoms with E-state index in [1.165, 1.54) is 0 Å². The molecule has 0 bridgehead atoms. The quantitative estimate of drug-likeness (QED) is 0.715. The molecule has 1 unspecified atom stereocenters. The molecule has 0 saturated carbocycles. The van der Waals surface area contributed by atoms with Gasteiger partial charge < -0.3 is 15.5 Å². The van der Waals surface area contributed by atoms with Crippen molar-refractivity contribution in [2.45, 2.75) is 52.0 Å². The van der Waals surface area contributed by atoms with Crippen molar-refractivity contribution >= 4 is 17.4 Å². The maximum absolute atomic E-state index is 14.6. The maximum atomic E-state index is 14.6. The SMILES string of the molecule is CCCN1C(N)=C(C#N)C2(C(=O)N(Cc3ccccc3)c3ccccc32)C2=C1CC(C)(C)CC2=O. The van der Waals surface area contributed by atoms with Crippen LogP contribution >= 0.6 is 0 Å². The summed E-state index contributed by atoms with van der Waals surface area (Å²) in [5.74, 6) is -0.0793. The highest BCUT2D eigenvalue weighted by Gasteiger charge is 2.62. The number of hydrogen-bond donors (Lipinski definition) is 1. The summed E-state index contributed by atoms with van der Waals surface area (Å²) in [6.07, 6.45) is 1.73. The molecule has 0 saturated heterocycles. The molecule has 1 amide bonds. The Balaban J connectivity index is 1.81. The normalized spacial score (nSPS) is 23.0. The second kappa shape index (κ2) is 8.13. The number of ketones is 1. The predicted octanol–water partition coefficient (Wildman–Crippen LogP) is 4.53. The number of nitrogens with zero attached hydrogens (tertiary/aromatic N) is 3. The number of fused-ring (bicyclic) bond motifs is 3. The van der Waals surface area contributed by atoms with E-state index in [2.05, 4.69) is 19.9 Å². The maximum Gasteiger partial charge on any atom is 0.248 e. The van der Waals surface area contributed by atoms with Crippen LogP contribution in [0.4, 0.5) is 5.69 Å². The Morgan fingerprint density at radius 3 is 2.37 bits per heavy atom. The van der Waals surface area contributed by atoms with Crippen LogP contribution in [0, 0.1) is 16.7 Å². The zero-order valence-electron chi connectivity index (χ0n) is 20.5. The summed E-state index contributed by atoms with van der Waals surface area (Å²) in [5, 5.41) is 10.5. The molecule has 6 nitrogen and oxygen atoms in total. The van der Waals surface area contributed by atoms with Crippen molar-refractivity contribution < 1.29 is 9.59 Å². The van der Waals surface area contributed by atoms with Crippen molar-refractivity contribution in [3.8, 4) is 6.07 Å². The first-order valence-corrected chi connectivity index (χ1v) is 12.2. The number of carbonyl (C=O) groups excluding carboxylic acids is 2. The molecule has 2 heterocycles. The Hall–Kier alpha value is -3.85. The number of benzene rings is 2. The minimum absolute atomic E-state index is 0.0812. The number of anilines is 1. The summed E-state index contributed by atoms with van der Waals surface area (Å²) < 4.78 is 0. The summed E-state index contributed by atoms with van der Waals surface area (Å²) >= 11 is 0. The summed E-state index contributed by atoms with van der Waals surface area (Å²) in [6, 6.07) is 19.5. The highest BCUT2D eigenvalue weighted by molar-refractivity contribution is 6.20. The van der Waals surface area contributed by atoms with Gasteiger partial charge >= 0.3 is 0 Å². The average Bonchev–Trinajstić information content (AvgIpc) is 3.05. The first-order valence-electron chi connectivity index (χ1n) is 12.2. The molecule has 1 atom stereocenters. The van der Waals surface area contributed by atoms with Crippen molar-refractivity contribution in [1.82, 2.24) is 4.90 Å². The van der Waals surface area contributed by atoms with Gasteiger partial charge in [0, 0.05) is 35.5 Å². The van der Waals surface area contributed by atoms with E-state index >= 15 is 0 Å². The van der Waals surface area contributed by atoms with Crippen molar-refractivity contribution in [3.05, 3.63) is 88.4 Å². The molecule has 2 aromatic carbocycles. The third-order valence-corrected chi connectivity index (χ3v) is 7.38. The van der Waals surface area contributed by atoms with E-state index in [1.807, 2.05) is 66.4 Å². The Morgan fingerprint density at radius 2 is 1.69 bits per heavy atom. The molecule has 2 aliphatic heterocycles. The molecule has 0 aromatic heterocycles. The lowest BCUT2D eigenvalue weighted by molar-refractivity contribution is -0.125. The van der Waals surface area contributed by atoms with Crippen LogP contribution in [0.25, 0.3) is 0 Å². The Morgan fingerprint density at radius 1 is 1.00 bits per heavy atom. The van der Waals surface area contributed by atoms with Crippen molar-refractivity contribution in [1.29, 1.82) is 5.26 Å². The van der Waals surface area contributed by atoms with Gasteiger partial charge in [0.25, 0.3) is 0 Å². The number of amides is 1. The third-order valence-electron chi connectivity index (χ3n) is 7.38. The fourth-order valence-electron chi connectivity index (χ4n) is 6.02. The number of allylic oxidation sites excluding steroid dienone is 1. The van der Waals surface area contributed by atoms with Gasteiger partial charge in [-0.25, -0.2) is 0 Å². The predicted molar refractivity (Wildman–Crippen MR) is 135 cm³/mol. The molecule has 2 aromatic rings. The van der Waals surface area contributed by atoms with E-state index in [0.717, 1.165) is 23.4 Å². The number of carbonyl (C=O) groups is 2. The number of hydrogen-bond acceptors (Lipinski definition) is 5. The van der Waals surface area contributed by atoms with Crippen LogP contribution in [-0.2, 0) is 21.5 Å². The first kappa shape index (κ1) is 22.9. The Bertz CT molecular complexity index is 1330. The molecule has 0 fully saturated rings. The van der Waals surface area contributed by atoms with Gasteiger partial charge in [-0.15, -0.1) is 0 Å². The number of para-hydroxylation sites is 1. The van der Waals surface area contributed by atoms with Crippen LogP contribution in [0.1, 0.15) is 51.2 Å². The molecule has 6 heteroatoms. The standard InChI is InChI=1S/C29H30N4O2/c1-4-14-32-23-15-28(2,3)16-24(34)25(23)29(21(17-30)26(32)31)20-12-8-9-13-22(20)33(27(29)35)18-19-10-6-5-7-11-19/h5-13H,4,14-16,18,31H2,1-3H3. The largest absolute Gasteiger partial charge is 0.384 e. The van der Waals surface area contributed by atoms with Crippen LogP contribution in [0.2, 0.25) is 0 Å². The van der Waals surface area contributed by atoms with E-state index in [1.54, 1.807) is 4.90 Å². The van der Waals surface area contributed by atoms with Gasteiger partial charge in [0.15, 0.2) is 5.78 Å². The topological polar surface area (TPSA) is 90.4 Å². The lowest BCUT2D eigenvalue weighted by atomic mass is 9.61. The number of rotatable bonds is 4. The van der Waals surface area contributed by atoms with E-state index in [-0.39, 0.29) is 28.5 Å². The highest BCUT2D eigenvalue weighted by Crippen LogP contribution is 2.58. The smallest absolute Gasteiger partial charge is 0.248 e. The minimum atomic E-state index is -1.52. The second-order valence-electron chi connectivity index (χ2n) is 10.4. The van der Waals surface area contributed by atoms with Crippen molar-refractivity contribution in [3.63, 3.8) is 0 Å². The molecule has 3 aliphatic rings. The zero-order valence-corrected chi connectivity index (χ0v) is 20.5. The molecule has 5 rings (SSSR count). The van der Waals surface area contributed by atoms with E-state index in [4.69, 9.17) is 5.73 Å². The molecular formula is C29H30N4O2. The molecule has 178 valence electrons. The fourth-order valence-corrected chi connectivity index (χ4v) is 6.02. The van der Waals surface area contributed by atoms with Crippen molar-refractivity contribution in [2.75, 3.05) is 11.4 Å². The average molecular weight is 467 g/mol. The molecule has 0 radical (unpaired) electrons. The Kier molecular flexibility index (Phi) is 5.32. The number of nitriles is 1. The highest BCUT2D eigenvalue weighted by atomic mass is 16.2. The summed E-state index contributed by atoms with van der Waals surface area (Å²) in [6.45, 7) is 7.10. The zero-order chi connectivity index (χ0) is 25.0. The fraction of sp³-hybridized carbons (Fsp3) is 0.345. The van der Waals surface area contributed by atoms with Crippen molar-refractivity contribution in [2.24, 2.45) is 11.1 Å². The van der Waals surface area contributed by atoms with Gasteiger partial charge in [-0.05, 0) is 29.9 Å². The van der Waals surface area contributed by atoms with E-state index in [9.17, 15) is 14.9 Å². The van der Waals surface area contributed by atoms with Crippen LogP contribution in [0.5, 0.6) is 0 Å². The number of nitrogens with two attached hydrogens (primary N) is 1. The van der Waals surface area contributed by atoms with Crippen LogP contribution < -0.4 is 10.6 Å². The van der Waals surface area contributed by atoms with Crippen LogP contribution in [0.3, 0.4) is 0 Å². The number of Topliss-reactive ketones (excluding diaryl/α,β-unsaturated/α-hetero) is 1. The van der Waals surface area contributed by atoms with Gasteiger partial charge in [0.2, 0.25) is 5.91 Å². The van der Waals surface area contributed by atoms with Gasteiger partial charge in [0.05, 0.1) is 12.1 Å². The van der Waals surface area contributed by atoms with E-state index in [0.29, 0.717) is 37.1 Å². The molecular weight excluding hydrogens is 436 g/mol. The monoisotopic (exact) mass is 466 g/mol. The van der Waals surface area contributed by atoms with E-state index < -0.39 is 5.41 Å². The van der Waals surface area contributed by atoms with Gasteiger partial charge in [-0.2, -0.15) is 5.26 Å². The second-order valence-corrected chi connectivity index (χ2v) is 10.4.